The molecule has 0 unspecified atom stereocenters. The number of ether oxygens (including phenoxy) is 1. The lowest BCUT2D eigenvalue weighted by Gasteiger charge is -2.10. The molecule has 0 fully saturated rings. The van der Waals surface area contributed by atoms with Crippen molar-refractivity contribution in [2.24, 2.45) is 0 Å². The number of nitrogens with zero attached hydrogens (tertiary/aromatic N) is 4. The van der Waals surface area contributed by atoms with Gasteiger partial charge in [0.25, 0.3) is 0 Å². The summed E-state index contributed by atoms with van der Waals surface area (Å²) in [5.41, 5.74) is 13.2. The third-order valence-electron chi connectivity index (χ3n) is 4.63. The van der Waals surface area contributed by atoms with Crippen LogP contribution in [-0.4, -0.2) is 27.1 Å². The molecule has 4 aromatic rings. The monoisotopic (exact) mass is 391 g/mol. The Morgan fingerprint density at radius 1 is 1.04 bits per heavy atom. The van der Waals surface area contributed by atoms with E-state index in [0.717, 1.165) is 27.5 Å². The molecule has 0 spiro atoms. The molecule has 7 heteroatoms. The Hall–Kier alpha value is -3.19. The summed E-state index contributed by atoms with van der Waals surface area (Å²) in [5.74, 6) is 1.12. The predicted molar refractivity (Wildman–Crippen MR) is 113 cm³/mol. The fourth-order valence-corrected chi connectivity index (χ4v) is 4.00. The second-order valence-corrected chi connectivity index (χ2v) is 7.62. The second-order valence-electron chi connectivity index (χ2n) is 6.77. The van der Waals surface area contributed by atoms with Crippen LogP contribution in [0.4, 0.5) is 5.82 Å². The summed E-state index contributed by atoms with van der Waals surface area (Å²) in [4.78, 5) is 4.76. The molecule has 0 atom stereocenters. The van der Waals surface area contributed by atoms with Crippen molar-refractivity contribution in [3.63, 3.8) is 0 Å². The molecule has 0 saturated heterocycles. The fraction of sp³-hybridized carbons (Fsp3) is 0.190. The Balaban J connectivity index is 1.75. The molecule has 0 radical (unpaired) electrons. The molecule has 2 N–H and O–H groups in total. The zero-order chi connectivity index (χ0) is 19.8. The van der Waals surface area contributed by atoms with Gasteiger partial charge in [0.2, 0.25) is 0 Å². The van der Waals surface area contributed by atoms with Gasteiger partial charge in [-0.05, 0) is 44.0 Å². The second kappa shape index (κ2) is 7.09. The molecule has 4 rings (SSSR count). The molecule has 0 bridgehead atoms. The number of hydrogen-bond acceptors (Lipinski definition) is 6. The average molecular weight is 392 g/mol. The van der Waals surface area contributed by atoms with Crippen LogP contribution in [0.15, 0.2) is 41.8 Å². The molecule has 2 aromatic heterocycles. The van der Waals surface area contributed by atoms with Crippen LogP contribution in [0.2, 0.25) is 0 Å². The fourth-order valence-electron chi connectivity index (χ4n) is 3.19. The number of benzene rings is 2. The van der Waals surface area contributed by atoms with E-state index in [1.54, 1.807) is 11.8 Å². The summed E-state index contributed by atoms with van der Waals surface area (Å²) in [6, 6.07) is 12.2. The van der Waals surface area contributed by atoms with Gasteiger partial charge in [0, 0.05) is 10.9 Å². The Kier molecular flexibility index (Phi) is 4.60. The summed E-state index contributed by atoms with van der Waals surface area (Å²) in [5, 5.41) is 11.3. The third-order valence-corrected chi connectivity index (χ3v) is 5.48. The van der Waals surface area contributed by atoms with E-state index in [0.29, 0.717) is 17.3 Å². The third kappa shape index (κ3) is 3.14. The van der Waals surface area contributed by atoms with Crippen molar-refractivity contribution in [1.82, 2.24) is 20.0 Å². The first kappa shape index (κ1) is 18.2. The number of anilines is 1. The van der Waals surface area contributed by atoms with Gasteiger partial charge in [0.1, 0.15) is 16.4 Å². The highest BCUT2D eigenvalue weighted by molar-refractivity contribution is 7.13. The first-order chi connectivity index (χ1) is 13.5. The van der Waals surface area contributed by atoms with Crippen molar-refractivity contribution in [3.8, 4) is 33.4 Å². The van der Waals surface area contributed by atoms with E-state index >= 15 is 0 Å². The molecule has 2 heterocycles. The van der Waals surface area contributed by atoms with Crippen LogP contribution in [0, 0.1) is 20.8 Å². The van der Waals surface area contributed by atoms with Crippen molar-refractivity contribution < 1.29 is 4.74 Å². The molecule has 0 aliphatic heterocycles. The maximum atomic E-state index is 6.39. The van der Waals surface area contributed by atoms with Crippen LogP contribution in [-0.2, 0) is 0 Å². The highest BCUT2D eigenvalue weighted by Gasteiger charge is 2.19. The molecule has 28 heavy (non-hydrogen) atoms. The molecule has 0 aliphatic carbocycles. The van der Waals surface area contributed by atoms with Crippen molar-refractivity contribution in [1.29, 1.82) is 0 Å². The minimum Gasteiger partial charge on any atom is -0.494 e. The number of hydrogen-bond donors (Lipinski definition) is 1. The van der Waals surface area contributed by atoms with Crippen LogP contribution < -0.4 is 10.5 Å². The van der Waals surface area contributed by atoms with Crippen molar-refractivity contribution in [2.45, 2.75) is 20.8 Å². The van der Waals surface area contributed by atoms with E-state index in [1.807, 2.05) is 30.5 Å². The van der Waals surface area contributed by atoms with Crippen molar-refractivity contribution >= 4 is 17.2 Å². The van der Waals surface area contributed by atoms with Gasteiger partial charge in [-0.25, -0.2) is 4.98 Å². The summed E-state index contributed by atoms with van der Waals surface area (Å²) in [6.07, 6.45) is 0. The Morgan fingerprint density at radius 3 is 2.54 bits per heavy atom. The first-order valence-electron chi connectivity index (χ1n) is 8.87. The predicted octanol–water partition coefficient (Wildman–Crippen LogP) is 4.57. The molecular formula is C21H21N5OS. The minimum atomic E-state index is 0.436. The lowest BCUT2D eigenvalue weighted by Crippen LogP contribution is -2.04. The van der Waals surface area contributed by atoms with Gasteiger partial charge >= 0.3 is 0 Å². The van der Waals surface area contributed by atoms with E-state index < -0.39 is 0 Å². The lowest BCUT2D eigenvalue weighted by molar-refractivity contribution is 0.411. The van der Waals surface area contributed by atoms with Gasteiger partial charge in [-0.3, -0.25) is 0 Å². The van der Waals surface area contributed by atoms with Gasteiger partial charge in [0.15, 0.2) is 11.5 Å². The molecule has 0 aliphatic rings. The van der Waals surface area contributed by atoms with Gasteiger partial charge in [-0.1, -0.05) is 35.0 Å². The normalized spacial score (nSPS) is 11.0. The molecule has 0 amide bonds. The quantitative estimate of drug-likeness (QED) is 0.551. The summed E-state index contributed by atoms with van der Waals surface area (Å²) in [7, 11) is 1.62. The lowest BCUT2D eigenvalue weighted by atomic mass is 10.0. The zero-order valence-electron chi connectivity index (χ0n) is 16.2. The van der Waals surface area contributed by atoms with Crippen molar-refractivity contribution in [2.75, 3.05) is 12.8 Å². The van der Waals surface area contributed by atoms with Crippen LogP contribution in [0.25, 0.3) is 27.6 Å². The van der Waals surface area contributed by atoms with Crippen LogP contribution >= 0.6 is 11.3 Å². The molecule has 142 valence electrons. The minimum absolute atomic E-state index is 0.436. The summed E-state index contributed by atoms with van der Waals surface area (Å²) < 4.78 is 7.05. The summed E-state index contributed by atoms with van der Waals surface area (Å²) in [6.45, 7) is 6.19. The Bertz CT molecular complexity index is 1160. The molecule has 0 saturated carbocycles. The molecule has 2 aromatic carbocycles. The highest BCUT2D eigenvalue weighted by atomic mass is 32.1. The smallest absolute Gasteiger partial charge is 0.165 e. The number of aromatic nitrogens is 4. The van der Waals surface area contributed by atoms with Crippen molar-refractivity contribution in [3.05, 3.63) is 58.5 Å². The zero-order valence-corrected chi connectivity index (χ0v) is 17.0. The molecule has 6 nitrogen and oxygen atoms in total. The first-order valence-corrected chi connectivity index (χ1v) is 9.75. The van der Waals surface area contributed by atoms with Gasteiger partial charge < -0.3 is 10.5 Å². The maximum absolute atomic E-state index is 6.39. The standard InChI is InChI=1S/C21H21N5OS/c1-12-5-7-15(14(3)9-12)16-11-28-21(23-16)19-20(22)26(25-24-19)17-10-13(2)6-8-18(17)27-4/h5-11H,22H2,1-4H3. The van der Waals surface area contributed by atoms with E-state index in [-0.39, 0.29) is 0 Å². The van der Waals surface area contributed by atoms with Crippen LogP contribution in [0.3, 0.4) is 0 Å². The number of thiazole rings is 1. The molecular weight excluding hydrogens is 370 g/mol. The Labute approximate surface area is 167 Å². The number of aryl methyl sites for hydroxylation is 3. The van der Waals surface area contributed by atoms with E-state index in [9.17, 15) is 0 Å². The number of methoxy groups -OCH3 is 1. The topological polar surface area (TPSA) is 78.8 Å². The van der Waals surface area contributed by atoms with Crippen LogP contribution in [0.1, 0.15) is 16.7 Å². The van der Waals surface area contributed by atoms with E-state index in [4.69, 9.17) is 15.5 Å². The SMILES string of the molecule is COc1ccc(C)cc1-n1nnc(-c2nc(-c3ccc(C)cc3C)cs2)c1N. The van der Waals surface area contributed by atoms with Crippen LogP contribution in [0.5, 0.6) is 5.75 Å². The largest absolute Gasteiger partial charge is 0.494 e. The average Bonchev–Trinajstić information content (AvgIpc) is 3.28. The number of nitrogen functional groups attached to an aromatic ring is 1. The number of nitrogens with two attached hydrogens (primary N) is 1. The van der Waals surface area contributed by atoms with Gasteiger partial charge in [-0.15, -0.1) is 16.4 Å². The van der Waals surface area contributed by atoms with E-state index in [1.165, 1.54) is 22.5 Å². The van der Waals surface area contributed by atoms with E-state index in [2.05, 4.69) is 42.4 Å². The van der Waals surface area contributed by atoms with Gasteiger partial charge in [0.05, 0.1) is 12.8 Å². The summed E-state index contributed by atoms with van der Waals surface area (Å²) >= 11 is 1.51. The van der Waals surface area contributed by atoms with Gasteiger partial charge in [-0.2, -0.15) is 4.68 Å². The highest BCUT2D eigenvalue weighted by Crippen LogP contribution is 2.34. The Morgan fingerprint density at radius 2 is 1.79 bits per heavy atom. The maximum Gasteiger partial charge on any atom is 0.165 e. The number of rotatable bonds is 4.